The molecule has 0 aliphatic carbocycles. The molecule has 0 spiro atoms. The van der Waals surface area contributed by atoms with Gasteiger partial charge in [0.1, 0.15) is 0 Å². The molecule has 1 aromatic carbocycles. The van der Waals surface area contributed by atoms with Crippen LogP contribution in [0.1, 0.15) is 6.42 Å². The summed E-state index contributed by atoms with van der Waals surface area (Å²) in [6, 6.07) is 6.31. The molecule has 0 heterocycles. The Kier molecular flexibility index (Phi) is 5.58. The lowest BCUT2D eigenvalue weighted by Gasteiger charge is -2.24. The van der Waals surface area contributed by atoms with Gasteiger partial charge in [-0.3, -0.25) is 4.79 Å². The van der Waals surface area contributed by atoms with Gasteiger partial charge in [0, 0.05) is 28.0 Å². The maximum Gasteiger partial charge on any atom is 0.249 e. The summed E-state index contributed by atoms with van der Waals surface area (Å²) in [4.78, 5) is 11.5. The average Bonchev–Trinajstić information content (AvgIpc) is 2.19. The van der Waals surface area contributed by atoms with E-state index in [-0.39, 0.29) is 0 Å². The van der Waals surface area contributed by atoms with Crippen molar-refractivity contribution >= 4 is 51.1 Å². The Labute approximate surface area is 115 Å². The van der Waals surface area contributed by atoms with Gasteiger partial charge in [-0.05, 0) is 28.3 Å². The quantitative estimate of drug-likeness (QED) is 0.608. The van der Waals surface area contributed by atoms with Crippen molar-refractivity contribution in [3.05, 3.63) is 28.7 Å². The van der Waals surface area contributed by atoms with Crippen LogP contribution in [0.25, 0.3) is 0 Å². The van der Waals surface area contributed by atoms with Gasteiger partial charge in [-0.15, -0.1) is 0 Å². The highest BCUT2D eigenvalue weighted by atomic mass is 79.9. The molecule has 94 valence electrons. The summed E-state index contributed by atoms with van der Waals surface area (Å²) in [5.74, 6) is -0.896. The number of benzene rings is 1. The highest BCUT2D eigenvalue weighted by molar-refractivity contribution is 9.10. The predicted octanol–water partition coefficient (Wildman–Crippen LogP) is 3.96. The fourth-order valence-electron chi connectivity index (χ4n) is 1.12. The van der Waals surface area contributed by atoms with E-state index in [1.165, 1.54) is 12.1 Å². The predicted molar refractivity (Wildman–Crippen MR) is 65.8 cm³/mol. The normalized spacial score (nSPS) is 11.0. The molecule has 0 bridgehead atoms. The van der Waals surface area contributed by atoms with Crippen LogP contribution in [-0.2, 0) is 4.79 Å². The van der Waals surface area contributed by atoms with Crippen molar-refractivity contribution in [1.29, 1.82) is 0 Å². The first kappa shape index (κ1) is 14.6. The molecule has 0 unspecified atom stereocenters. The number of carbonyl (C=O) groups is 1. The number of alkyl halides is 2. The van der Waals surface area contributed by atoms with Crippen molar-refractivity contribution < 1.29 is 13.6 Å². The van der Waals surface area contributed by atoms with Crippen LogP contribution in [0.4, 0.5) is 14.5 Å². The number of hydrogen-bond donors (Lipinski definition) is 0. The molecule has 1 amide bonds. The lowest BCUT2D eigenvalue weighted by atomic mass is 10.3. The molecular formula is C9H7BrCl2F2N2O. The average molecular weight is 348 g/mol. The van der Waals surface area contributed by atoms with Gasteiger partial charge in [-0.1, -0.05) is 15.9 Å². The number of halogens is 5. The molecule has 8 heteroatoms. The van der Waals surface area contributed by atoms with Gasteiger partial charge in [-0.25, -0.2) is 13.8 Å². The summed E-state index contributed by atoms with van der Waals surface area (Å²) < 4.78 is 25.5. The summed E-state index contributed by atoms with van der Waals surface area (Å²) in [6.45, 7) is 0. The van der Waals surface area contributed by atoms with Crippen LogP contribution in [0, 0.1) is 0 Å². The zero-order valence-corrected chi connectivity index (χ0v) is 11.4. The van der Waals surface area contributed by atoms with Crippen molar-refractivity contribution in [3.63, 3.8) is 0 Å². The summed E-state index contributed by atoms with van der Waals surface area (Å²) in [6.07, 6.45) is -3.71. The Bertz CT molecular complexity index is 389. The first-order chi connectivity index (χ1) is 7.91. The Morgan fingerprint density at radius 3 is 2.24 bits per heavy atom. The van der Waals surface area contributed by atoms with Gasteiger partial charge >= 0.3 is 0 Å². The highest BCUT2D eigenvalue weighted by Gasteiger charge is 2.24. The number of hydrogen-bond acceptors (Lipinski definition) is 2. The molecule has 1 aromatic rings. The number of anilines is 1. The van der Waals surface area contributed by atoms with Crippen LogP contribution in [0.2, 0.25) is 0 Å². The van der Waals surface area contributed by atoms with Gasteiger partial charge in [-0.2, -0.15) is 0 Å². The number of rotatable bonds is 4. The molecule has 0 fully saturated rings. The van der Waals surface area contributed by atoms with E-state index in [4.69, 9.17) is 23.6 Å². The number of amides is 1. The minimum atomic E-state index is -2.76. The Morgan fingerprint density at radius 1 is 1.29 bits per heavy atom. The Balaban J connectivity index is 2.93. The minimum Gasteiger partial charge on any atom is -0.273 e. The summed E-state index contributed by atoms with van der Waals surface area (Å²) in [5, 5.41) is 0.752. The van der Waals surface area contributed by atoms with Crippen molar-refractivity contribution in [3.8, 4) is 0 Å². The van der Waals surface area contributed by atoms with Gasteiger partial charge < -0.3 is 0 Å². The number of nitrogens with zero attached hydrogens (tertiary/aromatic N) is 2. The van der Waals surface area contributed by atoms with Crippen LogP contribution in [0.5, 0.6) is 0 Å². The van der Waals surface area contributed by atoms with Crippen molar-refractivity contribution in [2.45, 2.75) is 12.8 Å². The molecule has 0 aliphatic rings. The SMILES string of the molecule is O=C(CC(F)F)N(c1ccc(Br)cc1)N(Cl)Cl. The van der Waals surface area contributed by atoms with Crippen LogP contribution in [-0.4, -0.2) is 16.4 Å². The van der Waals surface area contributed by atoms with Crippen molar-refractivity contribution in [2.24, 2.45) is 0 Å². The maximum atomic E-state index is 12.1. The molecule has 0 atom stereocenters. The fourth-order valence-corrected chi connectivity index (χ4v) is 1.72. The van der Waals surface area contributed by atoms with Crippen LogP contribution >= 0.6 is 39.5 Å². The standard InChI is InChI=1S/C9H7BrCl2F2N2O/c10-6-1-3-7(4-2-6)15(16(11)12)9(17)5-8(13)14/h1-4,8H,5H2. The topological polar surface area (TPSA) is 23.6 Å². The molecule has 3 nitrogen and oxygen atoms in total. The molecule has 0 aromatic heterocycles. The smallest absolute Gasteiger partial charge is 0.249 e. The second kappa shape index (κ2) is 6.49. The monoisotopic (exact) mass is 346 g/mol. The third-order valence-electron chi connectivity index (χ3n) is 1.79. The zero-order chi connectivity index (χ0) is 13.0. The molecule has 0 radical (unpaired) electrons. The van der Waals surface area contributed by atoms with Crippen molar-refractivity contribution in [2.75, 3.05) is 5.01 Å². The summed E-state index contributed by atoms with van der Waals surface area (Å²) >= 11 is 14.1. The van der Waals surface area contributed by atoms with E-state index in [0.717, 1.165) is 9.48 Å². The Hall–Kier alpha value is -0.430. The summed E-state index contributed by atoms with van der Waals surface area (Å²) in [7, 11) is 0. The lowest BCUT2D eigenvalue weighted by molar-refractivity contribution is -0.122. The van der Waals surface area contributed by atoms with E-state index < -0.39 is 18.8 Å². The molecular weight excluding hydrogens is 341 g/mol. The fraction of sp³-hybridized carbons (Fsp3) is 0.222. The van der Waals surface area contributed by atoms with E-state index in [9.17, 15) is 13.6 Å². The van der Waals surface area contributed by atoms with Gasteiger partial charge in [0.05, 0.1) is 12.1 Å². The number of carbonyl (C=O) groups excluding carboxylic acids is 1. The minimum absolute atomic E-state index is 0.295. The molecule has 0 saturated heterocycles. The van der Waals surface area contributed by atoms with Gasteiger partial charge in [0.2, 0.25) is 12.3 Å². The molecule has 17 heavy (non-hydrogen) atoms. The van der Waals surface area contributed by atoms with Crippen LogP contribution in [0.3, 0.4) is 0 Å². The van der Waals surface area contributed by atoms with Crippen LogP contribution < -0.4 is 5.01 Å². The summed E-state index contributed by atoms with van der Waals surface area (Å²) in [5.41, 5.74) is 0.295. The number of hydrazine groups is 1. The van der Waals surface area contributed by atoms with E-state index in [1.807, 2.05) is 0 Å². The highest BCUT2D eigenvalue weighted by Crippen LogP contribution is 2.23. The first-order valence-corrected chi connectivity index (χ1v) is 5.87. The largest absolute Gasteiger partial charge is 0.273 e. The van der Waals surface area contributed by atoms with Gasteiger partial charge in [0.15, 0.2) is 0 Å². The molecule has 0 saturated carbocycles. The second-order valence-electron chi connectivity index (χ2n) is 2.99. The third kappa shape index (κ3) is 4.39. The van der Waals surface area contributed by atoms with Crippen LogP contribution in [0.15, 0.2) is 28.7 Å². The van der Waals surface area contributed by atoms with E-state index in [0.29, 0.717) is 9.73 Å². The maximum absolute atomic E-state index is 12.1. The zero-order valence-electron chi connectivity index (χ0n) is 8.29. The lowest BCUT2D eigenvalue weighted by Crippen LogP contribution is -2.37. The molecule has 1 rings (SSSR count). The molecule has 0 aliphatic heterocycles. The third-order valence-corrected chi connectivity index (χ3v) is 2.62. The Morgan fingerprint density at radius 2 is 1.82 bits per heavy atom. The van der Waals surface area contributed by atoms with Crippen molar-refractivity contribution in [1.82, 2.24) is 4.05 Å². The van der Waals surface area contributed by atoms with E-state index in [2.05, 4.69) is 15.9 Å². The van der Waals surface area contributed by atoms with E-state index in [1.54, 1.807) is 12.1 Å². The second-order valence-corrected chi connectivity index (χ2v) is 4.72. The molecule has 0 N–H and O–H groups in total. The first-order valence-electron chi connectivity index (χ1n) is 4.40. The van der Waals surface area contributed by atoms with Gasteiger partial charge in [0.25, 0.3) is 0 Å². The van der Waals surface area contributed by atoms with E-state index >= 15 is 0 Å².